The highest BCUT2D eigenvalue weighted by Crippen LogP contribution is 2.45. The Balaban J connectivity index is 1.10. The second-order valence-corrected chi connectivity index (χ2v) is 14.1. The summed E-state index contributed by atoms with van der Waals surface area (Å²) in [6, 6.07) is 73.9. The number of furan rings is 1. The van der Waals surface area contributed by atoms with Gasteiger partial charge in [0.15, 0.2) is 0 Å². The maximum atomic E-state index is 6.38. The van der Waals surface area contributed by atoms with E-state index in [0.29, 0.717) is 0 Å². The van der Waals surface area contributed by atoms with Gasteiger partial charge in [0.05, 0.1) is 22.1 Å². The number of hydrogen-bond donors (Lipinski definition) is 0. The van der Waals surface area contributed by atoms with E-state index in [1.807, 2.05) is 12.1 Å². The van der Waals surface area contributed by atoms with E-state index < -0.39 is 0 Å². The average molecular weight is 703 g/mol. The minimum absolute atomic E-state index is 0.871. The Morgan fingerprint density at radius 2 is 0.945 bits per heavy atom. The molecule has 3 heteroatoms. The molecule has 3 nitrogen and oxygen atoms in total. The standard InChI is InChI=1S/C52H34N2O/c1-3-14-35(15-4-1)36-26-30-39(31-27-36)53(48-23-13-25-50-51(48)44-21-10-12-24-49(44)55-50)40-32-28-37(29-33-40)45-34-46-42-19-9-11-22-47(42)54(38-16-5-2-6-17-38)52(46)43-20-8-7-18-41(43)45/h1-34H. The molecular formula is C52H34N2O. The molecular weight excluding hydrogens is 669 g/mol. The zero-order valence-corrected chi connectivity index (χ0v) is 29.9. The summed E-state index contributed by atoms with van der Waals surface area (Å²) in [7, 11) is 0. The maximum Gasteiger partial charge on any atom is 0.137 e. The van der Waals surface area contributed by atoms with E-state index in [-0.39, 0.29) is 0 Å². The van der Waals surface area contributed by atoms with E-state index in [1.165, 1.54) is 54.8 Å². The van der Waals surface area contributed by atoms with Gasteiger partial charge in [-0.05, 0) is 94.4 Å². The third-order valence-corrected chi connectivity index (χ3v) is 11.0. The van der Waals surface area contributed by atoms with Crippen LogP contribution >= 0.6 is 0 Å². The molecule has 0 amide bonds. The number of hydrogen-bond acceptors (Lipinski definition) is 2. The lowest BCUT2D eigenvalue weighted by Crippen LogP contribution is -2.10. The van der Waals surface area contributed by atoms with Gasteiger partial charge in [-0.3, -0.25) is 0 Å². The summed E-state index contributed by atoms with van der Waals surface area (Å²) in [5, 5.41) is 7.15. The fourth-order valence-corrected chi connectivity index (χ4v) is 8.50. The van der Waals surface area contributed by atoms with Crippen molar-refractivity contribution in [2.75, 3.05) is 4.90 Å². The van der Waals surface area contributed by atoms with Gasteiger partial charge in [0.25, 0.3) is 0 Å². The summed E-state index contributed by atoms with van der Waals surface area (Å²) < 4.78 is 8.79. The van der Waals surface area contributed by atoms with Crippen molar-refractivity contribution in [1.82, 2.24) is 4.57 Å². The molecule has 0 aliphatic rings. The van der Waals surface area contributed by atoms with Gasteiger partial charge in [0.2, 0.25) is 0 Å². The first kappa shape index (κ1) is 31.2. The van der Waals surface area contributed by atoms with Gasteiger partial charge < -0.3 is 13.9 Å². The minimum atomic E-state index is 0.871. The Morgan fingerprint density at radius 3 is 1.69 bits per heavy atom. The second-order valence-electron chi connectivity index (χ2n) is 14.1. The summed E-state index contributed by atoms with van der Waals surface area (Å²) in [5.74, 6) is 0. The quantitative estimate of drug-likeness (QED) is 0.172. The van der Waals surface area contributed by atoms with Crippen molar-refractivity contribution in [2.45, 2.75) is 0 Å². The van der Waals surface area contributed by atoms with E-state index in [0.717, 1.165) is 44.7 Å². The van der Waals surface area contributed by atoms with Crippen LogP contribution in [0.15, 0.2) is 211 Å². The Bertz CT molecular complexity index is 3180. The van der Waals surface area contributed by atoms with Crippen LogP contribution in [0, 0.1) is 0 Å². The topological polar surface area (TPSA) is 21.3 Å². The number of nitrogens with zero attached hydrogens (tertiary/aromatic N) is 2. The first-order valence-corrected chi connectivity index (χ1v) is 18.8. The molecule has 2 heterocycles. The largest absolute Gasteiger partial charge is 0.456 e. The summed E-state index contributed by atoms with van der Waals surface area (Å²) >= 11 is 0. The van der Waals surface area contributed by atoms with E-state index in [2.05, 4.69) is 204 Å². The molecule has 2 aromatic heterocycles. The predicted molar refractivity (Wildman–Crippen MR) is 231 cm³/mol. The molecule has 0 saturated heterocycles. The van der Waals surface area contributed by atoms with Crippen molar-refractivity contribution in [1.29, 1.82) is 0 Å². The number of rotatable bonds is 6. The molecule has 0 saturated carbocycles. The van der Waals surface area contributed by atoms with Crippen molar-refractivity contribution < 1.29 is 4.42 Å². The molecule has 0 radical (unpaired) electrons. The number of anilines is 3. The Labute approximate surface area is 318 Å². The van der Waals surface area contributed by atoms with Crippen LogP contribution in [0.1, 0.15) is 0 Å². The highest BCUT2D eigenvalue weighted by atomic mass is 16.3. The van der Waals surface area contributed by atoms with Gasteiger partial charge in [-0.25, -0.2) is 0 Å². The molecule has 55 heavy (non-hydrogen) atoms. The zero-order valence-electron chi connectivity index (χ0n) is 29.9. The molecule has 11 rings (SSSR count). The van der Waals surface area contributed by atoms with Crippen LogP contribution in [0.4, 0.5) is 17.1 Å². The van der Waals surface area contributed by atoms with Crippen LogP contribution < -0.4 is 4.90 Å². The zero-order chi connectivity index (χ0) is 36.3. The lowest BCUT2D eigenvalue weighted by Gasteiger charge is -2.26. The first-order chi connectivity index (χ1) is 27.3. The number of benzene rings is 9. The molecule has 0 unspecified atom stereocenters. The van der Waals surface area contributed by atoms with Crippen molar-refractivity contribution in [2.24, 2.45) is 0 Å². The molecule has 9 aromatic carbocycles. The molecule has 0 atom stereocenters. The van der Waals surface area contributed by atoms with E-state index in [9.17, 15) is 0 Å². The van der Waals surface area contributed by atoms with Gasteiger partial charge in [-0.1, -0.05) is 140 Å². The molecule has 0 aliphatic heterocycles. The van der Waals surface area contributed by atoms with Crippen LogP contribution in [0.5, 0.6) is 0 Å². The Morgan fingerprint density at radius 1 is 0.382 bits per heavy atom. The normalized spacial score (nSPS) is 11.6. The van der Waals surface area contributed by atoms with Crippen molar-refractivity contribution in [3.63, 3.8) is 0 Å². The van der Waals surface area contributed by atoms with Crippen LogP contribution in [0.2, 0.25) is 0 Å². The summed E-state index contributed by atoms with van der Waals surface area (Å²) in [6.07, 6.45) is 0. The Kier molecular flexibility index (Phi) is 7.17. The molecule has 258 valence electrons. The maximum absolute atomic E-state index is 6.38. The third kappa shape index (κ3) is 5.05. The minimum Gasteiger partial charge on any atom is -0.456 e. The fourth-order valence-electron chi connectivity index (χ4n) is 8.50. The lowest BCUT2D eigenvalue weighted by atomic mass is 9.95. The van der Waals surface area contributed by atoms with Gasteiger partial charge in [0, 0.05) is 38.6 Å². The fraction of sp³-hybridized carbons (Fsp3) is 0. The van der Waals surface area contributed by atoms with Gasteiger partial charge in [-0.15, -0.1) is 0 Å². The molecule has 11 aromatic rings. The highest BCUT2D eigenvalue weighted by molar-refractivity contribution is 6.22. The smallest absolute Gasteiger partial charge is 0.137 e. The SMILES string of the molecule is c1ccc(-c2ccc(N(c3ccc(-c4cc5c6ccccc6n(-c6ccccc6)c5c5ccccc45)cc3)c3cccc4oc5ccccc5c34)cc2)cc1. The molecule has 0 aliphatic carbocycles. The van der Waals surface area contributed by atoms with Gasteiger partial charge in [0.1, 0.15) is 11.2 Å². The first-order valence-electron chi connectivity index (χ1n) is 18.8. The van der Waals surface area contributed by atoms with Gasteiger partial charge in [-0.2, -0.15) is 0 Å². The monoisotopic (exact) mass is 702 g/mol. The van der Waals surface area contributed by atoms with E-state index in [4.69, 9.17) is 4.42 Å². The predicted octanol–water partition coefficient (Wildman–Crippen LogP) is 14.6. The number of para-hydroxylation sites is 3. The van der Waals surface area contributed by atoms with Gasteiger partial charge >= 0.3 is 0 Å². The highest BCUT2D eigenvalue weighted by Gasteiger charge is 2.21. The molecule has 0 bridgehead atoms. The summed E-state index contributed by atoms with van der Waals surface area (Å²) in [4.78, 5) is 2.36. The molecule has 0 N–H and O–H groups in total. The van der Waals surface area contributed by atoms with E-state index >= 15 is 0 Å². The van der Waals surface area contributed by atoms with Crippen molar-refractivity contribution >= 4 is 71.6 Å². The average Bonchev–Trinajstić information content (AvgIpc) is 3.81. The van der Waals surface area contributed by atoms with Crippen molar-refractivity contribution in [3.8, 4) is 27.9 Å². The lowest BCUT2D eigenvalue weighted by molar-refractivity contribution is 0.669. The number of fused-ring (bicyclic) bond motifs is 8. The molecule has 0 fully saturated rings. The van der Waals surface area contributed by atoms with E-state index in [1.54, 1.807) is 0 Å². The van der Waals surface area contributed by atoms with Crippen LogP contribution in [-0.2, 0) is 0 Å². The number of aromatic nitrogens is 1. The second kappa shape index (κ2) is 12.6. The molecule has 0 spiro atoms. The van der Waals surface area contributed by atoms with Crippen LogP contribution in [-0.4, -0.2) is 4.57 Å². The third-order valence-electron chi connectivity index (χ3n) is 11.0. The summed E-state index contributed by atoms with van der Waals surface area (Å²) in [5.41, 5.74) is 13.3. The van der Waals surface area contributed by atoms with Crippen LogP contribution in [0.25, 0.3) is 82.5 Å². The van der Waals surface area contributed by atoms with Crippen molar-refractivity contribution in [3.05, 3.63) is 206 Å². The summed E-state index contributed by atoms with van der Waals surface area (Å²) in [6.45, 7) is 0. The Hall–Kier alpha value is -7.36. The van der Waals surface area contributed by atoms with Crippen LogP contribution in [0.3, 0.4) is 0 Å².